The molecule has 3 nitrogen and oxygen atoms in total. The predicted molar refractivity (Wildman–Crippen MR) is 83.4 cm³/mol. The molecule has 2 atom stereocenters. The lowest BCUT2D eigenvalue weighted by Crippen LogP contribution is -2.51. The second-order valence-electron chi connectivity index (χ2n) is 6.48. The molecule has 2 aliphatic rings. The number of ether oxygens (including phenoxy) is 1. The van der Waals surface area contributed by atoms with Gasteiger partial charge in [0.2, 0.25) is 0 Å². The number of hydrogen-bond donors (Lipinski definition) is 1. The van der Waals surface area contributed by atoms with Crippen LogP contribution in [0, 0.1) is 0 Å². The summed E-state index contributed by atoms with van der Waals surface area (Å²) in [5.74, 6) is 0. The highest BCUT2D eigenvalue weighted by Gasteiger charge is 2.41. The third-order valence-electron chi connectivity index (χ3n) is 4.48. The van der Waals surface area contributed by atoms with E-state index in [0.29, 0.717) is 12.1 Å². The Morgan fingerprint density at radius 1 is 1.45 bits per heavy atom. The van der Waals surface area contributed by atoms with Crippen molar-refractivity contribution in [3.8, 4) is 0 Å². The van der Waals surface area contributed by atoms with Gasteiger partial charge >= 0.3 is 0 Å². The summed E-state index contributed by atoms with van der Waals surface area (Å²) in [6.07, 6.45) is 7.28. The first-order valence-corrected chi connectivity index (χ1v) is 8.83. The van der Waals surface area contributed by atoms with E-state index in [-0.39, 0.29) is 5.54 Å². The van der Waals surface area contributed by atoms with Crippen molar-refractivity contribution in [2.24, 2.45) is 0 Å². The number of thiazole rings is 1. The molecule has 1 fully saturated rings. The minimum absolute atomic E-state index is 0.0438. The van der Waals surface area contributed by atoms with Crippen LogP contribution in [0.4, 0.5) is 0 Å². The third kappa shape index (κ3) is 2.66. The highest BCUT2D eigenvalue weighted by atomic mass is 32.1. The van der Waals surface area contributed by atoms with Crippen molar-refractivity contribution in [3.05, 3.63) is 15.6 Å². The van der Waals surface area contributed by atoms with Crippen LogP contribution in [-0.4, -0.2) is 23.7 Å². The average molecular weight is 294 g/mol. The lowest BCUT2D eigenvalue weighted by Gasteiger charge is -2.41. The fourth-order valence-corrected chi connectivity index (χ4v) is 4.89. The van der Waals surface area contributed by atoms with Crippen molar-refractivity contribution in [1.29, 1.82) is 0 Å². The average Bonchev–Trinajstić information content (AvgIpc) is 2.99. The Morgan fingerprint density at radius 3 is 3.00 bits per heavy atom. The molecule has 112 valence electrons. The number of fused-ring (bicyclic) bond motifs is 1. The molecule has 1 aromatic rings. The molecule has 1 saturated heterocycles. The van der Waals surface area contributed by atoms with Crippen molar-refractivity contribution in [2.45, 2.75) is 77.0 Å². The monoisotopic (exact) mass is 294 g/mol. The van der Waals surface area contributed by atoms with Gasteiger partial charge in [0.25, 0.3) is 0 Å². The van der Waals surface area contributed by atoms with Gasteiger partial charge in [0.15, 0.2) is 0 Å². The summed E-state index contributed by atoms with van der Waals surface area (Å²) in [6, 6.07) is 0.476. The maximum atomic E-state index is 5.90. The molecule has 2 unspecified atom stereocenters. The zero-order valence-corrected chi connectivity index (χ0v) is 13.7. The van der Waals surface area contributed by atoms with Crippen molar-refractivity contribution in [2.75, 3.05) is 6.61 Å². The quantitative estimate of drug-likeness (QED) is 0.924. The smallest absolute Gasteiger partial charge is 0.113 e. The molecule has 0 saturated carbocycles. The molecule has 1 aliphatic carbocycles. The minimum atomic E-state index is 0.0438. The van der Waals surface area contributed by atoms with Gasteiger partial charge in [-0.25, -0.2) is 4.98 Å². The van der Waals surface area contributed by atoms with Crippen LogP contribution >= 0.6 is 11.3 Å². The molecule has 0 amide bonds. The van der Waals surface area contributed by atoms with Crippen LogP contribution in [0.2, 0.25) is 0 Å². The first-order valence-electron chi connectivity index (χ1n) is 8.01. The molecule has 0 spiro atoms. The molecule has 0 bridgehead atoms. The second kappa shape index (κ2) is 5.74. The van der Waals surface area contributed by atoms with E-state index < -0.39 is 0 Å². The third-order valence-corrected chi connectivity index (χ3v) is 5.85. The maximum absolute atomic E-state index is 5.90. The number of aromatic nitrogens is 1. The molecule has 1 aliphatic heterocycles. The van der Waals surface area contributed by atoms with E-state index in [4.69, 9.17) is 9.72 Å². The van der Waals surface area contributed by atoms with Crippen LogP contribution in [0.3, 0.4) is 0 Å². The first-order chi connectivity index (χ1) is 9.63. The van der Waals surface area contributed by atoms with Crippen LogP contribution in [0.1, 0.15) is 62.0 Å². The van der Waals surface area contributed by atoms with E-state index in [1.807, 2.05) is 11.3 Å². The Bertz CT molecular complexity index is 450. The summed E-state index contributed by atoms with van der Waals surface area (Å²) < 4.78 is 5.90. The Morgan fingerprint density at radius 2 is 2.30 bits per heavy atom. The standard InChI is InChI=1S/C16H26N2OS/c1-4-12-10-16(8-9-19-12,18-11(2)3)15-17-13-6-5-7-14(13)20-15/h11-12,18H,4-10H2,1-3H3. The SMILES string of the molecule is CCC1CC(NC(C)C)(c2nc3c(s2)CCC3)CCO1. The summed E-state index contributed by atoms with van der Waals surface area (Å²) in [5, 5.41) is 5.15. The highest BCUT2D eigenvalue weighted by molar-refractivity contribution is 7.12. The summed E-state index contributed by atoms with van der Waals surface area (Å²) in [4.78, 5) is 6.54. The fraction of sp³-hybridized carbons (Fsp3) is 0.812. The minimum Gasteiger partial charge on any atom is -0.378 e. The van der Waals surface area contributed by atoms with Crippen molar-refractivity contribution in [1.82, 2.24) is 10.3 Å². The number of nitrogens with zero attached hydrogens (tertiary/aromatic N) is 1. The van der Waals surface area contributed by atoms with Gasteiger partial charge < -0.3 is 10.1 Å². The molecule has 1 N–H and O–H groups in total. The van der Waals surface area contributed by atoms with Gasteiger partial charge in [-0.2, -0.15) is 0 Å². The topological polar surface area (TPSA) is 34.2 Å². The Kier molecular flexibility index (Phi) is 4.16. The summed E-state index contributed by atoms with van der Waals surface area (Å²) in [5.41, 5.74) is 1.41. The molecule has 0 aromatic carbocycles. The highest BCUT2D eigenvalue weighted by Crippen LogP contribution is 2.40. The zero-order valence-electron chi connectivity index (χ0n) is 12.9. The summed E-state index contributed by atoms with van der Waals surface area (Å²) >= 11 is 1.95. The van der Waals surface area contributed by atoms with Gasteiger partial charge in [0, 0.05) is 17.5 Å². The number of hydrogen-bond acceptors (Lipinski definition) is 4. The predicted octanol–water partition coefficient (Wildman–Crippen LogP) is 3.41. The lowest BCUT2D eigenvalue weighted by molar-refractivity contribution is -0.0346. The van der Waals surface area contributed by atoms with E-state index >= 15 is 0 Å². The normalized spacial score (nSPS) is 29.9. The van der Waals surface area contributed by atoms with Gasteiger partial charge in [0.05, 0.1) is 17.3 Å². The molecule has 4 heteroatoms. The Labute approximate surface area is 126 Å². The summed E-state index contributed by atoms with van der Waals surface area (Å²) in [6.45, 7) is 7.54. The fourth-order valence-electron chi connectivity index (χ4n) is 3.55. The van der Waals surface area contributed by atoms with E-state index in [2.05, 4.69) is 26.1 Å². The molecule has 20 heavy (non-hydrogen) atoms. The van der Waals surface area contributed by atoms with Gasteiger partial charge in [0.1, 0.15) is 5.01 Å². The Hall–Kier alpha value is -0.450. The number of aryl methyl sites for hydroxylation is 2. The number of rotatable bonds is 4. The largest absolute Gasteiger partial charge is 0.378 e. The van der Waals surface area contributed by atoms with Gasteiger partial charge in [-0.15, -0.1) is 11.3 Å². The molecular weight excluding hydrogens is 268 g/mol. The van der Waals surface area contributed by atoms with Crippen molar-refractivity contribution < 1.29 is 4.74 Å². The molecule has 1 aromatic heterocycles. The van der Waals surface area contributed by atoms with Gasteiger partial charge in [-0.3, -0.25) is 0 Å². The van der Waals surface area contributed by atoms with E-state index in [1.54, 1.807) is 0 Å². The second-order valence-corrected chi connectivity index (χ2v) is 7.56. The van der Waals surface area contributed by atoms with Crippen LogP contribution in [-0.2, 0) is 23.1 Å². The molecule has 3 rings (SSSR count). The van der Waals surface area contributed by atoms with Crippen LogP contribution < -0.4 is 5.32 Å². The number of nitrogens with one attached hydrogen (secondary N) is 1. The zero-order chi connectivity index (χ0) is 14.2. The van der Waals surface area contributed by atoms with Gasteiger partial charge in [-0.1, -0.05) is 6.92 Å². The van der Waals surface area contributed by atoms with E-state index in [0.717, 1.165) is 25.9 Å². The lowest BCUT2D eigenvalue weighted by atomic mass is 9.85. The molecular formula is C16H26N2OS. The molecule has 2 heterocycles. The van der Waals surface area contributed by atoms with Crippen molar-refractivity contribution in [3.63, 3.8) is 0 Å². The van der Waals surface area contributed by atoms with Gasteiger partial charge in [-0.05, 0) is 52.4 Å². The first kappa shape index (κ1) is 14.5. The maximum Gasteiger partial charge on any atom is 0.113 e. The van der Waals surface area contributed by atoms with Crippen LogP contribution in [0.25, 0.3) is 0 Å². The van der Waals surface area contributed by atoms with E-state index in [1.165, 1.54) is 34.8 Å². The summed E-state index contributed by atoms with van der Waals surface area (Å²) in [7, 11) is 0. The Balaban J connectivity index is 1.91. The van der Waals surface area contributed by atoms with Crippen LogP contribution in [0.5, 0.6) is 0 Å². The molecule has 0 radical (unpaired) electrons. The van der Waals surface area contributed by atoms with Crippen molar-refractivity contribution >= 4 is 11.3 Å². The van der Waals surface area contributed by atoms with E-state index in [9.17, 15) is 0 Å². The van der Waals surface area contributed by atoms with Crippen LogP contribution in [0.15, 0.2) is 0 Å².